The Morgan fingerprint density at radius 1 is 1.14 bits per heavy atom. The fourth-order valence-corrected chi connectivity index (χ4v) is 3.26. The van der Waals surface area contributed by atoms with Crippen LogP contribution in [0.15, 0.2) is 54.6 Å². The average Bonchev–Trinajstić information content (AvgIpc) is 2.77. The number of ketones is 1. The maximum absolute atomic E-state index is 12.1. The van der Waals surface area contributed by atoms with Crippen LogP contribution in [-0.2, 0) is 16.1 Å². The second kappa shape index (κ2) is 10.7. The minimum Gasteiger partial charge on any atom is -0.484 e. The van der Waals surface area contributed by atoms with Gasteiger partial charge in [-0.25, -0.2) is 0 Å². The third kappa shape index (κ3) is 6.69. The largest absolute Gasteiger partial charge is 0.484 e. The molecule has 0 spiro atoms. The summed E-state index contributed by atoms with van der Waals surface area (Å²) in [5, 5.41) is 2.88. The maximum Gasteiger partial charge on any atom is 0.258 e. The summed E-state index contributed by atoms with van der Waals surface area (Å²) in [6.07, 6.45) is 0.435. The number of amides is 1. The highest BCUT2D eigenvalue weighted by molar-refractivity contribution is 5.95. The number of carbonyl (C=O) groups excluding carboxylic acids is 2. The third-order valence-corrected chi connectivity index (χ3v) is 4.87. The van der Waals surface area contributed by atoms with E-state index in [0.29, 0.717) is 30.9 Å². The van der Waals surface area contributed by atoms with Crippen molar-refractivity contribution in [2.75, 3.05) is 32.8 Å². The highest BCUT2D eigenvalue weighted by atomic mass is 16.5. The molecule has 6 nitrogen and oxygen atoms in total. The summed E-state index contributed by atoms with van der Waals surface area (Å²) in [4.78, 5) is 26.1. The Bertz CT molecular complexity index is 792. The van der Waals surface area contributed by atoms with Crippen molar-refractivity contribution >= 4 is 11.7 Å². The van der Waals surface area contributed by atoms with Crippen LogP contribution in [0.2, 0.25) is 0 Å². The molecular formula is C23H28N2O4. The Hall–Kier alpha value is -2.70. The van der Waals surface area contributed by atoms with Crippen LogP contribution in [-0.4, -0.2) is 55.5 Å². The van der Waals surface area contributed by atoms with E-state index in [1.165, 1.54) is 5.56 Å². The predicted octanol–water partition coefficient (Wildman–Crippen LogP) is 2.68. The summed E-state index contributed by atoms with van der Waals surface area (Å²) in [5.41, 5.74) is 1.93. The van der Waals surface area contributed by atoms with Crippen LogP contribution in [0.5, 0.6) is 5.75 Å². The number of rotatable bonds is 9. The van der Waals surface area contributed by atoms with Crippen LogP contribution >= 0.6 is 0 Å². The van der Waals surface area contributed by atoms with Crippen LogP contribution in [0, 0.1) is 0 Å². The molecule has 1 aliphatic heterocycles. The van der Waals surface area contributed by atoms with Gasteiger partial charge in [-0.1, -0.05) is 37.3 Å². The molecule has 29 heavy (non-hydrogen) atoms. The van der Waals surface area contributed by atoms with Gasteiger partial charge in [0.1, 0.15) is 5.75 Å². The van der Waals surface area contributed by atoms with E-state index >= 15 is 0 Å². The summed E-state index contributed by atoms with van der Waals surface area (Å²) >= 11 is 0. The second-order valence-corrected chi connectivity index (χ2v) is 7.11. The molecule has 1 saturated heterocycles. The molecule has 1 aliphatic rings. The smallest absolute Gasteiger partial charge is 0.258 e. The molecule has 1 N–H and O–H groups in total. The Morgan fingerprint density at radius 2 is 1.90 bits per heavy atom. The fraction of sp³-hybridized carbons (Fsp3) is 0.391. The van der Waals surface area contributed by atoms with Crippen LogP contribution in [0.4, 0.5) is 0 Å². The van der Waals surface area contributed by atoms with Crippen LogP contribution < -0.4 is 10.1 Å². The molecule has 1 fully saturated rings. The fourth-order valence-electron chi connectivity index (χ4n) is 3.26. The Morgan fingerprint density at radius 3 is 2.62 bits per heavy atom. The van der Waals surface area contributed by atoms with E-state index in [0.717, 1.165) is 19.6 Å². The quantitative estimate of drug-likeness (QED) is 0.660. The molecule has 1 unspecified atom stereocenters. The van der Waals surface area contributed by atoms with Crippen molar-refractivity contribution in [2.24, 2.45) is 0 Å². The van der Waals surface area contributed by atoms with Gasteiger partial charge in [0, 0.05) is 38.2 Å². The summed E-state index contributed by atoms with van der Waals surface area (Å²) < 4.78 is 11.3. The van der Waals surface area contributed by atoms with Crippen molar-refractivity contribution in [2.45, 2.75) is 26.0 Å². The lowest BCUT2D eigenvalue weighted by Crippen LogP contribution is -2.47. The van der Waals surface area contributed by atoms with Gasteiger partial charge in [0.15, 0.2) is 12.4 Å². The van der Waals surface area contributed by atoms with Gasteiger partial charge in [-0.2, -0.15) is 0 Å². The molecule has 2 aromatic carbocycles. The first kappa shape index (κ1) is 21.0. The Labute approximate surface area is 171 Å². The zero-order chi connectivity index (χ0) is 20.5. The van der Waals surface area contributed by atoms with E-state index in [9.17, 15) is 9.59 Å². The maximum atomic E-state index is 12.1. The van der Waals surface area contributed by atoms with E-state index in [-0.39, 0.29) is 24.4 Å². The summed E-state index contributed by atoms with van der Waals surface area (Å²) in [6, 6.07) is 17.2. The molecule has 154 valence electrons. The Balaban J connectivity index is 1.38. The van der Waals surface area contributed by atoms with Crippen molar-refractivity contribution in [1.29, 1.82) is 0 Å². The van der Waals surface area contributed by atoms with Crippen LogP contribution in [0.1, 0.15) is 29.3 Å². The number of hydrogen-bond acceptors (Lipinski definition) is 5. The monoisotopic (exact) mass is 396 g/mol. The number of Topliss-reactive ketones (excluding diaryl/α,β-unsaturated/α-hetero) is 1. The number of morpholine rings is 1. The number of hydrogen-bond donors (Lipinski definition) is 1. The lowest BCUT2D eigenvalue weighted by Gasteiger charge is -2.33. The van der Waals surface area contributed by atoms with Crippen molar-refractivity contribution in [1.82, 2.24) is 10.2 Å². The molecule has 1 amide bonds. The minimum absolute atomic E-state index is 0.0317. The molecule has 0 aromatic heterocycles. The molecule has 3 rings (SSSR count). The molecule has 1 heterocycles. The van der Waals surface area contributed by atoms with Crippen molar-refractivity contribution in [3.8, 4) is 5.75 Å². The van der Waals surface area contributed by atoms with Gasteiger partial charge in [-0.05, 0) is 29.8 Å². The van der Waals surface area contributed by atoms with Crippen molar-refractivity contribution in [3.63, 3.8) is 0 Å². The second-order valence-electron chi connectivity index (χ2n) is 7.11. The first-order chi connectivity index (χ1) is 14.1. The Kier molecular flexibility index (Phi) is 7.78. The third-order valence-electron chi connectivity index (χ3n) is 4.87. The van der Waals surface area contributed by atoms with E-state index in [2.05, 4.69) is 22.3 Å². The average molecular weight is 396 g/mol. The lowest BCUT2D eigenvalue weighted by atomic mass is 10.1. The van der Waals surface area contributed by atoms with E-state index in [1.807, 2.05) is 25.1 Å². The highest BCUT2D eigenvalue weighted by Gasteiger charge is 2.21. The summed E-state index contributed by atoms with van der Waals surface area (Å²) in [7, 11) is 0. The molecule has 0 radical (unpaired) electrons. The first-order valence-corrected chi connectivity index (χ1v) is 10.0. The number of ether oxygens (including phenoxy) is 2. The molecule has 0 bridgehead atoms. The number of nitrogens with one attached hydrogen (secondary N) is 1. The predicted molar refractivity (Wildman–Crippen MR) is 111 cm³/mol. The zero-order valence-electron chi connectivity index (χ0n) is 16.8. The van der Waals surface area contributed by atoms with E-state index in [4.69, 9.17) is 9.47 Å². The summed E-state index contributed by atoms with van der Waals surface area (Å²) in [5.74, 6) is 0.460. The lowest BCUT2D eigenvalue weighted by molar-refractivity contribution is -0.124. The molecule has 1 atom stereocenters. The zero-order valence-corrected chi connectivity index (χ0v) is 16.8. The first-order valence-electron chi connectivity index (χ1n) is 10.0. The van der Waals surface area contributed by atoms with Crippen LogP contribution in [0.3, 0.4) is 0 Å². The van der Waals surface area contributed by atoms with Gasteiger partial charge < -0.3 is 14.8 Å². The van der Waals surface area contributed by atoms with E-state index in [1.54, 1.807) is 24.3 Å². The molecule has 0 aliphatic carbocycles. The van der Waals surface area contributed by atoms with Gasteiger partial charge in [0.2, 0.25) is 0 Å². The van der Waals surface area contributed by atoms with Gasteiger partial charge >= 0.3 is 0 Å². The normalized spacial score (nSPS) is 16.9. The summed E-state index contributed by atoms with van der Waals surface area (Å²) in [6.45, 7) is 5.43. The standard InChI is InChI=1S/C23H28N2O4/c1-2-22(26)19-8-10-20(11-9-19)29-17-23(27)24-14-21-16-25(12-13-28-21)15-18-6-4-3-5-7-18/h3-11,21H,2,12-17H2,1H3,(H,24,27). The molecule has 2 aromatic rings. The van der Waals surface area contributed by atoms with E-state index < -0.39 is 0 Å². The highest BCUT2D eigenvalue weighted by Crippen LogP contribution is 2.13. The molecule has 0 saturated carbocycles. The molecular weight excluding hydrogens is 368 g/mol. The SMILES string of the molecule is CCC(=O)c1ccc(OCC(=O)NCC2CN(Cc3ccccc3)CCO2)cc1. The molecule has 6 heteroatoms. The van der Waals surface area contributed by atoms with Gasteiger partial charge in [-0.15, -0.1) is 0 Å². The topological polar surface area (TPSA) is 67.9 Å². The number of carbonyl (C=O) groups is 2. The number of benzene rings is 2. The minimum atomic E-state index is -0.192. The number of nitrogens with zero attached hydrogens (tertiary/aromatic N) is 1. The van der Waals surface area contributed by atoms with Gasteiger partial charge in [0.25, 0.3) is 5.91 Å². The van der Waals surface area contributed by atoms with Crippen LogP contribution in [0.25, 0.3) is 0 Å². The van der Waals surface area contributed by atoms with Crippen molar-refractivity contribution < 1.29 is 19.1 Å². The van der Waals surface area contributed by atoms with Gasteiger partial charge in [0.05, 0.1) is 12.7 Å². The van der Waals surface area contributed by atoms with Crippen molar-refractivity contribution in [3.05, 3.63) is 65.7 Å². The van der Waals surface area contributed by atoms with Gasteiger partial charge in [-0.3, -0.25) is 14.5 Å².